The van der Waals surface area contributed by atoms with Gasteiger partial charge in [0.2, 0.25) is 0 Å². The molecular formula is C11H12N6O5S. The summed E-state index contributed by atoms with van der Waals surface area (Å²) in [5, 5.41) is 20.6. The van der Waals surface area contributed by atoms with Gasteiger partial charge in [0.1, 0.15) is 25.1 Å². The summed E-state index contributed by atoms with van der Waals surface area (Å²) >= 11 is 1.13. The van der Waals surface area contributed by atoms with E-state index in [0.29, 0.717) is 6.21 Å². The van der Waals surface area contributed by atoms with E-state index in [0.717, 1.165) is 16.3 Å². The SMILES string of the molecule is CO/N=C(/C(=O)N[C@H]1CN(/N=C/C(=O)O)C1=O)c1csc(N)n1. The first kappa shape index (κ1) is 16.4. The molecule has 122 valence electrons. The van der Waals surface area contributed by atoms with Crippen LogP contribution in [0.25, 0.3) is 0 Å². The number of aromatic nitrogens is 1. The molecule has 0 bridgehead atoms. The van der Waals surface area contributed by atoms with Gasteiger partial charge >= 0.3 is 5.97 Å². The van der Waals surface area contributed by atoms with E-state index in [2.05, 4.69) is 25.4 Å². The summed E-state index contributed by atoms with van der Waals surface area (Å²) < 4.78 is 0. The van der Waals surface area contributed by atoms with Crippen LogP contribution in [0, 0.1) is 0 Å². The van der Waals surface area contributed by atoms with Crippen LogP contribution in [-0.2, 0) is 19.2 Å². The second kappa shape index (κ2) is 6.83. The zero-order chi connectivity index (χ0) is 17.0. The van der Waals surface area contributed by atoms with Crippen molar-refractivity contribution < 1.29 is 24.3 Å². The van der Waals surface area contributed by atoms with Crippen molar-refractivity contribution in [2.75, 3.05) is 19.4 Å². The topological polar surface area (TPSA) is 160 Å². The molecule has 2 rings (SSSR count). The van der Waals surface area contributed by atoms with Gasteiger partial charge in [-0.3, -0.25) is 9.59 Å². The monoisotopic (exact) mass is 340 g/mol. The number of nitrogen functional groups attached to an aromatic ring is 1. The number of hydrogen-bond donors (Lipinski definition) is 3. The Hall–Kier alpha value is -3.02. The Kier molecular flexibility index (Phi) is 4.85. The number of amides is 2. The molecule has 1 fully saturated rings. The highest BCUT2D eigenvalue weighted by Crippen LogP contribution is 2.14. The van der Waals surface area contributed by atoms with Crippen LogP contribution in [0.1, 0.15) is 5.69 Å². The number of oxime groups is 1. The predicted molar refractivity (Wildman–Crippen MR) is 79.8 cm³/mol. The van der Waals surface area contributed by atoms with E-state index in [4.69, 9.17) is 10.8 Å². The Labute approximate surface area is 133 Å². The molecule has 2 heterocycles. The van der Waals surface area contributed by atoms with E-state index in [1.165, 1.54) is 12.5 Å². The first-order valence-electron chi connectivity index (χ1n) is 6.14. The summed E-state index contributed by atoms with van der Waals surface area (Å²) in [4.78, 5) is 42.7. The first-order valence-corrected chi connectivity index (χ1v) is 7.02. The van der Waals surface area contributed by atoms with Gasteiger partial charge in [-0.05, 0) is 0 Å². The van der Waals surface area contributed by atoms with Crippen molar-refractivity contribution in [3.63, 3.8) is 0 Å². The minimum absolute atomic E-state index is 0.0494. The molecule has 0 radical (unpaired) electrons. The molecular weight excluding hydrogens is 328 g/mol. The molecule has 2 amide bonds. The number of carbonyl (C=O) groups excluding carboxylic acids is 2. The fourth-order valence-electron chi connectivity index (χ4n) is 1.66. The van der Waals surface area contributed by atoms with Crippen LogP contribution >= 0.6 is 11.3 Å². The summed E-state index contributed by atoms with van der Waals surface area (Å²) in [5.41, 5.74) is 5.60. The fourth-order valence-corrected chi connectivity index (χ4v) is 2.21. The lowest BCUT2D eigenvalue weighted by molar-refractivity contribution is -0.145. The van der Waals surface area contributed by atoms with Crippen molar-refractivity contribution in [1.29, 1.82) is 0 Å². The van der Waals surface area contributed by atoms with Crippen molar-refractivity contribution in [2.45, 2.75) is 6.04 Å². The quantitative estimate of drug-likeness (QED) is 0.322. The van der Waals surface area contributed by atoms with Crippen LogP contribution in [0.5, 0.6) is 0 Å². The van der Waals surface area contributed by atoms with Crippen LogP contribution in [0.3, 0.4) is 0 Å². The van der Waals surface area contributed by atoms with Crippen LogP contribution < -0.4 is 11.1 Å². The number of hydrazone groups is 1. The number of nitrogens with two attached hydrogens (primary N) is 1. The highest BCUT2D eigenvalue weighted by Gasteiger charge is 2.39. The molecule has 0 saturated carbocycles. The number of thiazole rings is 1. The highest BCUT2D eigenvalue weighted by atomic mass is 32.1. The molecule has 1 aliphatic rings. The smallest absolute Gasteiger partial charge is 0.348 e. The summed E-state index contributed by atoms with van der Waals surface area (Å²) in [5.74, 6) is -2.48. The lowest BCUT2D eigenvalue weighted by Crippen LogP contribution is -2.62. The molecule has 0 unspecified atom stereocenters. The number of nitrogens with one attached hydrogen (secondary N) is 1. The van der Waals surface area contributed by atoms with Gasteiger partial charge in [0.05, 0.1) is 6.54 Å². The van der Waals surface area contributed by atoms with E-state index in [-0.39, 0.29) is 23.1 Å². The van der Waals surface area contributed by atoms with Gasteiger partial charge in [0.15, 0.2) is 10.8 Å². The van der Waals surface area contributed by atoms with Gasteiger partial charge in [0, 0.05) is 5.38 Å². The summed E-state index contributed by atoms with van der Waals surface area (Å²) in [7, 11) is 1.26. The number of carboxylic acids is 1. The third-order valence-corrected chi connectivity index (χ3v) is 3.36. The van der Waals surface area contributed by atoms with Crippen molar-refractivity contribution in [2.24, 2.45) is 10.3 Å². The Bertz CT molecular complexity index is 699. The molecule has 23 heavy (non-hydrogen) atoms. The maximum absolute atomic E-state index is 12.2. The van der Waals surface area contributed by atoms with Gasteiger partial charge in [-0.2, -0.15) is 5.10 Å². The number of rotatable bonds is 6. The normalized spacial score (nSPS) is 18.0. The van der Waals surface area contributed by atoms with Crippen molar-refractivity contribution in [3.8, 4) is 0 Å². The van der Waals surface area contributed by atoms with Crippen LogP contribution in [-0.4, -0.2) is 64.5 Å². The third kappa shape index (κ3) is 3.79. The number of anilines is 1. The van der Waals surface area contributed by atoms with Gasteiger partial charge in [-0.25, -0.2) is 14.8 Å². The second-order valence-electron chi connectivity index (χ2n) is 4.22. The van der Waals surface area contributed by atoms with E-state index in [1.807, 2.05) is 0 Å². The summed E-state index contributed by atoms with van der Waals surface area (Å²) in [6, 6.07) is -0.827. The largest absolute Gasteiger partial charge is 0.477 e. The zero-order valence-corrected chi connectivity index (χ0v) is 12.6. The van der Waals surface area contributed by atoms with Crippen LogP contribution in [0.4, 0.5) is 5.13 Å². The molecule has 1 aromatic rings. The molecule has 0 spiro atoms. The molecule has 11 nitrogen and oxygen atoms in total. The van der Waals surface area contributed by atoms with E-state index in [1.54, 1.807) is 0 Å². The molecule has 1 saturated heterocycles. The van der Waals surface area contributed by atoms with E-state index < -0.39 is 23.8 Å². The number of carboxylic acid groups (broad SMARTS) is 1. The van der Waals surface area contributed by atoms with Gasteiger partial charge < -0.3 is 21.0 Å². The highest BCUT2D eigenvalue weighted by molar-refractivity contribution is 7.13. The molecule has 1 atom stereocenters. The second-order valence-corrected chi connectivity index (χ2v) is 5.11. The third-order valence-electron chi connectivity index (χ3n) is 2.68. The van der Waals surface area contributed by atoms with Gasteiger partial charge in [-0.15, -0.1) is 11.3 Å². The van der Waals surface area contributed by atoms with Crippen molar-refractivity contribution >= 4 is 46.2 Å². The van der Waals surface area contributed by atoms with Crippen molar-refractivity contribution in [3.05, 3.63) is 11.1 Å². The lowest BCUT2D eigenvalue weighted by Gasteiger charge is -2.34. The molecule has 12 heteroatoms. The maximum atomic E-state index is 12.2. The van der Waals surface area contributed by atoms with Crippen molar-refractivity contribution in [1.82, 2.24) is 15.3 Å². The Morgan fingerprint density at radius 1 is 1.65 bits per heavy atom. The molecule has 1 aromatic heterocycles. The standard InChI is InChI=1S/C11H12N6O5S/c1-22-16-8(6-4-23-11(12)15-6)9(20)14-5-3-17(10(5)21)13-2-7(18)19/h2,4-5H,3H2,1H3,(H2,12,15)(H,14,20)(H,18,19)/b13-2+,16-8+/t5-/m0/s1. The predicted octanol–water partition coefficient (Wildman–Crippen LogP) is -1.53. The molecule has 1 aliphatic heterocycles. The number of nitrogens with zero attached hydrogens (tertiary/aromatic N) is 4. The number of β-lactam (4-membered cyclic amide) rings is 1. The van der Waals surface area contributed by atoms with Crippen LogP contribution in [0.15, 0.2) is 15.6 Å². The zero-order valence-electron chi connectivity index (χ0n) is 11.8. The molecule has 4 N–H and O–H groups in total. The van der Waals surface area contributed by atoms with Crippen LogP contribution in [0.2, 0.25) is 0 Å². The first-order chi connectivity index (χ1) is 10.9. The Morgan fingerprint density at radius 3 is 2.91 bits per heavy atom. The Morgan fingerprint density at radius 2 is 2.39 bits per heavy atom. The Balaban J connectivity index is 2.00. The maximum Gasteiger partial charge on any atom is 0.348 e. The average molecular weight is 340 g/mol. The minimum atomic E-state index is -1.28. The average Bonchev–Trinajstić information content (AvgIpc) is 2.92. The van der Waals surface area contributed by atoms with E-state index >= 15 is 0 Å². The van der Waals surface area contributed by atoms with E-state index in [9.17, 15) is 14.4 Å². The van der Waals surface area contributed by atoms with Gasteiger partial charge in [-0.1, -0.05) is 5.16 Å². The number of hydrogen-bond acceptors (Lipinski definition) is 9. The molecule has 0 aromatic carbocycles. The lowest BCUT2D eigenvalue weighted by atomic mass is 10.1. The fraction of sp³-hybridized carbons (Fsp3) is 0.273. The summed E-state index contributed by atoms with van der Waals surface area (Å²) in [6.45, 7) is 0.0494. The minimum Gasteiger partial charge on any atom is -0.477 e. The van der Waals surface area contributed by atoms with Gasteiger partial charge in [0.25, 0.3) is 11.8 Å². The summed E-state index contributed by atoms with van der Waals surface area (Å²) in [6.07, 6.45) is 0.589. The number of aliphatic carboxylic acids is 1. The number of carbonyl (C=O) groups is 3. The molecule has 0 aliphatic carbocycles.